The normalized spacial score (nSPS) is 11.1. The first kappa shape index (κ1) is 23.8. The van der Waals surface area contributed by atoms with Crippen LogP contribution in [0.25, 0.3) is 0 Å². The molecule has 9 heteroatoms. The molecule has 3 rings (SSSR count). The van der Waals surface area contributed by atoms with Crippen LogP contribution in [0.15, 0.2) is 66.7 Å². The molecular weight excluding hydrogens is 440 g/mol. The van der Waals surface area contributed by atoms with Gasteiger partial charge in [-0.25, -0.2) is 4.39 Å². The van der Waals surface area contributed by atoms with E-state index in [1.54, 1.807) is 12.1 Å². The van der Waals surface area contributed by atoms with Gasteiger partial charge in [0.2, 0.25) is 0 Å². The molecule has 33 heavy (non-hydrogen) atoms. The number of hydrogen-bond donors (Lipinski definition) is 2. The second kappa shape index (κ2) is 10.2. The van der Waals surface area contributed by atoms with Crippen molar-refractivity contribution < 1.29 is 31.9 Å². The van der Waals surface area contributed by atoms with Crippen molar-refractivity contribution >= 4 is 23.2 Å². The Labute approximate surface area is 187 Å². The number of halogens is 4. The van der Waals surface area contributed by atoms with E-state index in [1.807, 2.05) is 19.1 Å². The molecule has 0 fully saturated rings. The van der Waals surface area contributed by atoms with Gasteiger partial charge in [-0.05, 0) is 54.4 Å². The molecule has 5 nitrogen and oxygen atoms in total. The number of hydrogen-bond acceptors (Lipinski definition) is 3. The van der Waals surface area contributed by atoms with Crippen molar-refractivity contribution in [2.45, 2.75) is 19.5 Å². The van der Waals surface area contributed by atoms with E-state index in [2.05, 4.69) is 10.6 Å². The molecular formula is C24H20F4N2O3. The highest BCUT2D eigenvalue weighted by atomic mass is 19.4. The lowest BCUT2D eigenvalue weighted by Crippen LogP contribution is -2.22. The highest BCUT2D eigenvalue weighted by molar-refractivity contribution is 6.04. The fraction of sp³-hybridized carbons (Fsp3) is 0.167. The lowest BCUT2D eigenvalue weighted by Gasteiger charge is -2.16. The Hall–Kier alpha value is -3.88. The molecule has 0 saturated carbocycles. The average molecular weight is 460 g/mol. The number of anilines is 2. The third-order valence-corrected chi connectivity index (χ3v) is 4.68. The monoisotopic (exact) mass is 460 g/mol. The van der Waals surface area contributed by atoms with Crippen molar-refractivity contribution in [3.8, 4) is 5.75 Å². The molecule has 0 aliphatic heterocycles. The molecule has 0 spiro atoms. The number of ether oxygens (including phenoxy) is 1. The second-order valence-electron chi connectivity index (χ2n) is 7.03. The quantitative estimate of drug-likeness (QED) is 0.446. The Morgan fingerprint density at radius 3 is 2.27 bits per heavy atom. The molecule has 0 heterocycles. The van der Waals surface area contributed by atoms with Gasteiger partial charge in [-0.15, -0.1) is 0 Å². The molecule has 0 saturated heterocycles. The summed E-state index contributed by atoms with van der Waals surface area (Å²) >= 11 is 0. The van der Waals surface area contributed by atoms with Crippen molar-refractivity contribution in [2.24, 2.45) is 0 Å². The van der Waals surface area contributed by atoms with Gasteiger partial charge >= 0.3 is 6.18 Å². The van der Waals surface area contributed by atoms with Crippen molar-refractivity contribution in [1.29, 1.82) is 0 Å². The molecule has 2 amide bonds. The molecule has 0 atom stereocenters. The standard InChI is InChI=1S/C24H20F4N2O3/c1-2-15-7-10-17(11-8-15)33-14-22(31)30-21-12-9-16(13-19(21)24(26,27)28)29-23(32)18-5-3-4-6-20(18)25/h3-13H,2,14H2,1H3,(H,29,32)(H,30,31). The van der Waals surface area contributed by atoms with Crippen LogP contribution >= 0.6 is 0 Å². The highest BCUT2D eigenvalue weighted by Crippen LogP contribution is 2.36. The lowest BCUT2D eigenvalue weighted by molar-refractivity contribution is -0.137. The Bertz CT molecular complexity index is 1150. The number of carbonyl (C=O) groups is 2. The van der Waals surface area contributed by atoms with Crippen LogP contribution in [0.2, 0.25) is 0 Å². The topological polar surface area (TPSA) is 67.4 Å². The molecule has 172 valence electrons. The van der Waals surface area contributed by atoms with Crippen LogP contribution < -0.4 is 15.4 Å². The molecule has 2 N–H and O–H groups in total. The first-order valence-electron chi connectivity index (χ1n) is 9.96. The van der Waals surface area contributed by atoms with Gasteiger partial charge in [0.05, 0.1) is 16.8 Å². The maximum Gasteiger partial charge on any atom is 0.418 e. The minimum absolute atomic E-state index is 0.208. The number of alkyl halides is 3. The Kier molecular flexibility index (Phi) is 7.32. The maximum atomic E-state index is 13.8. The summed E-state index contributed by atoms with van der Waals surface area (Å²) in [6, 6.07) is 14.9. The van der Waals surface area contributed by atoms with Gasteiger partial charge in [0.25, 0.3) is 11.8 Å². The van der Waals surface area contributed by atoms with Crippen LogP contribution in [0.1, 0.15) is 28.4 Å². The molecule has 0 aliphatic rings. The van der Waals surface area contributed by atoms with Gasteiger partial charge < -0.3 is 15.4 Å². The first-order chi connectivity index (χ1) is 15.7. The molecule has 3 aromatic rings. The lowest BCUT2D eigenvalue weighted by atomic mass is 10.1. The van der Waals surface area contributed by atoms with Crippen LogP contribution in [-0.2, 0) is 17.4 Å². The Balaban J connectivity index is 1.71. The molecule has 0 aromatic heterocycles. The van der Waals surface area contributed by atoms with Crippen molar-refractivity contribution in [1.82, 2.24) is 0 Å². The van der Waals surface area contributed by atoms with Gasteiger partial charge in [-0.3, -0.25) is 9.59 Å². The first-order valence-corrected chi connectivity index (χ1v) is 9.96. The number of nitrogens with one attached hydrogen (secondary N) is 2. The largest absolute Gasteiger partial charge is 0.484 e. The summed E-state index contributed by atoms with van der Waals surface area (Å²) in [5.74, 6) is -2.09. The minimum atomic E-state index is -4.82. The van der Waals surface area contributed by atoms with E-state index in [-0.39, 0.29) is 11.3 Å². The van der Waals surface area contributed by atoms with Gasteiger partial charge in [-0.1, -0.05) is 31.2 Å². The molecule has 0 radical (unpaired) electrons. The SMILES string of the molecule is CCc1ccc(OCC(=O)Nc2ccc(NC(=O)c3ccccc3F)cc2C(F)(F)F)cc1. The van der Waals surface area contributed by atoms with Crippen molar-refractivity contribution in [3.05, 3.63) is 89.2 Å². The summed E-state index contributed by atoms with van der Waals surface area (Å²) in [7, 11) is 0. The molecule has 0 bridgehead atoms. The molecule has 0 aliphatic carbocycles. The zero-order chi connectivity index (χ0) is 24.0. The summed E-state index contributed by atoms with van der Waals surface area (Å²) < 4.78 is 59.8. The zero-order valence-corrected chi connectivity index (χ0v) is 17.5. The number of benzene rings is 3. The van der Waals surface area contributed by atoms with Gasteiger partial charge in [0.1, 0.15) is 11.6 Å². The van der Waals surface area contributed by atoms with E-state index in [0.717, 1.165) is 24.1 Å². The van der Waals surface area contributed by atoms with Gasteiger partial charge in [0.15, 0.2) is 6.61 Å². The van der Waals surface area contributed by atoms with E-state index < -0.39 is 41.7 Å². The Morgan fingerprint density at radius 1 is 0.939 bits per heavy atom. The van der Waals surface area contributed by atoms with Gasteiger partial charge in [0, 0.05) is 5.69 Å². The summed E-state index contributed by atoms with van der Waals surface area (Å²) in [5, 5.41) is 4.41. The third kappa shape index (κ3) is 6.31. The fourth-order valence-corrected chi connectivity index (χ4v) is 2.97. The zero-order valence-electron chi connectivity index (χ0n) is 17.5. The van der Waals surface area contributed by atoms with Crippen LogP contribution in [0.5, 0.6) is 5.75 Å². The second-order valence-corrected chi connectivity index (χ2v) is 7.03. The number of aryl methyl sites for hydroxylation is 1. The van der Waals surface area contributed by atoms with Crippen LogP contribution in [0, 0.1) is 5.82 Å². The number of amides is 2. The predicted molar refractivity (Wildman–Crippen MR) is 116 cm³/mol. The van der Waals surface area contributed by atoms with E-state index in [4.69, 9.17) is 4.74 Å². The number of carbonyl (C=O) groups excluding carboxylic acids is 2. The van der Waals surface area contributed by atoms with E-state index in [9.17, 15) is 27.2 Å². The highest BCUT2D eigenvalue weighted by Gasteiger charge is 2.34. The molecule has 0 unspecified atom stereocenters. The summed E-state index contributed by atoms with van der Waals surface area (Å²) in [6.07, 6.45) is -3.99. The van der Waals surface area contributed by atoms with E-state index >= 15 is 0 Å². The summed E-state index contributed by atoms with van der Waals surface area (Å²) in [4.78, 5) is 24.4. The smallest absolute Gasteiger partial charge is 0.418 e. The van der Waals surface area contributed by atoms with Crippen molar-refractivity contribution in [3.63, 3.8) is 0 Å². The molecule has 3 aromatic carbocycles. The third-order valence-electron chi connectivity index (χ3n) is 4.68. The van der Waals surface area contributed by atoms with Crippen LogP contribution in [-0.4, -0.2) is 18.4 Å². The summed E-state index contributed by atoms with van der Waals surface area (Å²) in [6.45, 7) is 1.49. The minimum Gasteiger partial charge on any atom is -0.484 e. The van der Waals surface area contributed by atoms with Gasteiger partial charge in [-0.2, -0.15) is 13.2 Å². The number of rotatable bonds is 7. The van der Waals surface area contributed by atoms with E-state index in [0.29, 0.717) is 11.8 Å². The van der Waals surface area contributed by atoms with E-state index in [1.165, 1.54) is 24.3 Å². The predicted octanol–water partition coefficient (Wildman–Crippen LogP) is 5.68. The van der Waals surface area contributed by atoms with Crippen molar-refractivity contribution in [2.75, 3.05) is 17.2 Å². The van der Waals surface area contributed by atoms with Crippen LogP contribution in [0.4, 0.5) is 28.9 Å². The average Bonchev–Trinajstić information content (AvgIpc) is 2.78. The maximum absolute atomic E-state index is 13.8. The Morgan fingerprint density at radius 2 is 1.64 bits per heavy atom. The summed E-state index contributed by atoms with van der Waals surface area (Å²) in [5.41, 5.74) is -1.12. The fourth-order valence-electron chi connectivity index (χ4n) is 2.97. The van der Waals surface area contributed by atoms with Crippen LogP contribution in [0.3, 0.4) is 0 Å².